The summed E-state index contributed by atoms with van der Waals surface area (Å²) in [7, 11) is 1.29. The Labute approximate surface area is 472 Å². The molecule has 0 radical (unpaired) electrons. The Hall–Kier alpha value is -5.77. The minimum absolute atomic E-state index is 0.0211. The second kappa shape index (κ2) is 28.8. The Bertz CT molecular complexity index is 2770. The van der Waals surface area contributed by atoms with E-state index in [1.807, 2.05) is 14.7 Å². The summed E-state index contributed by atoms with van der Waals surface area (Å²) in [5.41, 5.74) is 12.9. The molecule has 4 aliphatic heterocycles. The third-order valence-electron chi connectivity index (χ3n) is 15.5. The molecule has 21 nitrogen and oxygen atoms in total. The van der Waals surface area contributed by atoms with Gasteiger partial charge in [-0.05, 0) is 73.9 Å². The van der Waals surface area contributed by atoms with Gasteiger partial charge in [0.25, 0.3) is 11.8 Å². The van der Waals surface area contributed by atoms with Crippen molar-refractivity contribution in [3.05, 3.63) is 92.5 Å². The highest BCUT2D eigenvalue weighted by Crippen LogP contribution is 2.35. The van der Waals surface area contributed by atoms with Crippen LogP contribution in [0.2, 0.25) is 10.3 Å². The number of aliphatic hydroxyl groups is 3. The maximum absolute atomic E-state index is 14.0. The Morgan fingerprint density at radius 3 is 1.46 bits per heavy atom. The molecule has 4 aromatic rings. The molecule has 2 aromatic heterocycles. The quantitative estimate of drug-likeness (QED) is 0.0552. The van der Waals surface area contributed by atoms with E-state index >= 15 is 0 Å². The molecule has 4 aliphatic rings. The van der Waals surface area contributed by atoms with E-state index in [4.69, 9.17) is 49.6 Å². The van der Waals surface area contributed by atoms with Crippen LogP contribution in [0.15, 0.2) is 36.4 Å². The number of methoxy groups -OCH3 is 1. The lowest BCUT2D eigenvalue weighted by atomic mass is 9.95. The third kappa shape index (κ3) is 14.6. The number of carbonyl (C=O) groups excluding carboxylic acids is 3. The van der Waals surface area contributed by atoms with Crippen LogP contribution in [0.1, 0.15) is 96.6 Å². The topological polar surface area (TPSA) is 268 Å². The monoisotopic (exact) mass is 1160 g/mol. The molecule has 438 valence electrons. The Morgan fingerprint density at radius 2 is 1.06 bits per heavy atom. The maximum Gasteiger partial charge on any atom is 0.327 e. The number of likely N-dealkylation sites (tertiary alicyclic amines) is 2. The average Bonchev–Trinajstić information content (AvgIpc) is 3.48. The van der Waals surface area contributed by atoms with Crippen LogP contribution in [-0.2, 0) is 9.53 Å². The van der Waals surface area contributed by atoms with Crippen molar-refractivity contribution in [2.45, 2.75) is 88.6 Å². The number of piperidine rings is 2. The molecular weight excluding hydrogens is 1090 g/mol. The lowest BCUT2D eigenvalue weighted by Crippen LogP contribution is -2.59. The molecule has 4 fully saturated rings. The van der Waals surface area contributed by atoms with E-state index in [-0.39, 0.29) is 90.4 Å². The normalized spacial score (nSPS) is 19.9. The third-order valence-corrected chi connectivity index (χ3v) is 16.0. The van der Waals surface area contributed by atoms with Crippen LogP contribution in [0.4, 0.5) is 40.8 Å². The van der Waals surface area contributed by atoms with Crippen LogP contribution in [0, 0.1) is 23.3 Å². The number of ether oxygens (including phenoxy) is 1. The predicted octanol–water partition coefficient (Wildman–Crippen LogP) is 3.80. The lowest BCUT2D eigenvalue weighted by molar-refractivity contribution is -0.148. The number of aromatic nitrogens is 4. The van der Waals surface area contributed by atoms with Crippen LogP contribution in [0.5, 0.6) is 0 Å². The van der Waals surface area contributed by atoms with Crippen molar-refractivity contribution < 1.29 is 52.0 Å². The molecule has 4 atom stereocenters. The second-order valence-electron chi connectivity index (χ2n) is 20.1. The fraction of sp³-hybridized carbons (Fsp3) is 0.566. The summed E-state index contributed by atoms with van der Waals surface area (Å²) in [6.45, 7) is 10.6. The molecule has 9 N–H and O–H groups in total. The number of piperazine rings is 2. The molecule has 6 heterocycles. The number of nitrogens with two attached hydrogens (primary N) is 2. The van der Waals surface area contributed by atoms with Gasteiger partial charge < -0.3 is 52.0 Å². The highest BCUT2D eigenvalue weighted by molar-refractivity contribution is 6.32. The number of nitrogens with zero attached hydrogens (tertiary/aromatic N) is 10. The number of nitrogens with one attached hydrogen (secondary N) is 2. The first-order chi connectivity index (χ1) is 38.4. The summed E-state index contributed by atoms with van der Waals surface area (Å²) in [5, 5.41) is 33.0. The van der Waals surface area contributed by atoms with Gasteiger partial charge in [-0.2, -0.15) is 0 Å². The van der Waals surface area contributed by atoms with E-state index in [9.17, 15) is 37.1 Å². The van der Waals surface area contributed by atoms with Gasteiger partial charge >= 0.3 is 5.97 Å². The zero-order valence-electron chi connectivity index (χ0n) is 45.1. The van der Waals surface area contributed by atoms with E-state index < -0.39 is 47.1 Å². The van der Waals surface area contributed by atoms with Crippen LogP contribution >= 0.6 is 23.2 Å². The van der Waals surface area contributed by atoms with Crippen LogP contribution in [0.3, 0.4) is 0 Å². The van der Waals surface area contributed by atoms with E-state index in [1.54, 1.807) is 0 Å². The number of hydrogen-bond donors (Lipinski definition) is 7. The van der Waals surface area contributed by atoms with Crippen molar-refractivity contribution in [1.82, 2.24) is 50.2 Å². The Balaban J connectivity index is 0.000000231. The minimum atomic E-state index is -0.999. The largest absolute Gasteiger partial charge is 0.468 e. The van der Waals surface area contributed by atoms with Crippen molar-refractivity contribution in [3.8, 4) is 0 Å². The molecule has 0 aliphatic carbocycles. The minimum Gasteiger partial charge on any atom is -0.468 e. The standard InChI is InChI=1S/C27H36ClF2N7O4.C26H36ClF2N7O3/c1-3-17-15-36(25-23(28)33-21(24(31)34-25)26(39)32-8-13-38)11-12-37(17)18-6-9-35(10-7-18)22(27(40)41-2)16-4-5-19(29)20(30)14-16;1-2-17-14-35(25-23(27)32-22(24(30)33-25)26(39)31-7-12-37)10-11-36(17)18-5-8-34(9-6-18)21(15-38)16-3-4-19(28)20(29)13-16/h4-5,14,17-18,22,38H,3,6-13,15H2,1-2H3,(H2,31,34)(H,32,39);3-4,13,17-18,21,37-38H,2,5-12,14-15H2,1H3,(H2,30,33)(H,31,39)/t17-,22?;17-,21?/m00/s1. The van der Waals surface area contributed by atoms with E-state index in [0.29, 0.717) is 68.1 Å². The number of hydrogen-bond acceptors (Lipinski definition) is 19. The zero-order chi connectivity index (χ0) is 57.8. The Morgan fingerprint density at radius 1 is 0.637 bits per heavy atom. The van der Waals surface area contributed by atoms with Crippen molar-refractivity contribution in [1.29, 1.82) is 0 Å². The highest BCUT2D eigenvalue weighted by Gasteiger charge is 2.39. The number of halogens is 6. The lowest BCUT2D eigenvalue weighted by Gasteiger charge is -2.48. The number of carbonyl (C=O) groups is 3. The SMILES string of the molecule is CC[C@H]1CN(c2nc(N)c(C(=O)NCCO)nc2Cl)CCN1C1CCN(C(C(=O)OC)c2ccc(F)c(F)c2)CC1.CC[C@H]1CN(c2nc(N)c(C(=O)NCCO)nc2Cl)CCN1C1CCN(C(CO)c2ccc(F)c(F)c2)CC1. The molecule has 4 saturated heterocycles. The van der Waals surface area contributed by atoms with Crippen LogP contribution < -0.4 is 31.9 Å². The number of esters is 1. The Kier molecular flexibility index (Phi) is 22.2. The molecule has 0 saturated carbocycles. The number of aliphatic hydroxyl groups excluding tert-OH is 3. The first kappa shape index (κ1) is 61.8. The summed E-state index contributed by atoms with van der Waals surface area (Å²) in [4.78, 5) is 67.5. The highest BCUT2D eigenvalue weighted by atomic mass is 35.5. The summed E-state index contributed by atoms with van der Waals surface area (Å²) in [6.07, 6.45) is 5.15. The van der Waals surface area contributed by atoms with Gasteiger partial charge in [0.05, 0.1) is 33.0 Å². The van der Waals surface area contributed by atoms with Gasteiger partial charge in [-0.25, -0.2) is 42.3 Å². The average molecular weight is 1160 g/mol. The van der Waals surface area contributed by atoms with Gasteiger partial charge in [0.15, 0.2) is 68.2 Å². The van der Waals surface area contributed by atoms with Crippen LogP contribution in [0.25, 0.3) is 0 Å². The summed E-state index contributed by atoms with van der Waals surface area (Å²) < 4.78 is 59.7. The fourth-order valence-corrected chi connectivity index (χ4v) is 11.8. The molecule has 0 spiro atoms. The van der Waals surface area contributed by atoms with Crippen molar-refractivity contribution >= 4 is 64.3 Å². The van der Waals surface area contributed by atoms with Crippen molar-refractivity contribution in [3.63, 3.8) is 0 Å². The summed E-state index contributed by atoms with van der Waals surface area (Å²) in [5.74, 6) is -4.57. The second-order valence-corrected chi connectivity index (χ2v) is 20.8. The number of benzene rings is 2. The van der Waals surface area contributed by atoms with E-state index in [2.05, 4.69) is 59.1 Å². The van der Waals surface area contributed by atoms with Gasteiger partial charge in [0.1, 0.15) is 6.04 Å². The van der Waals surface area contributed by atoms with Gasteiger partial charge in [-0.1, -0.05) is 49.2 Å². The van der Waals surface area contributed by atoms with Gasteiger partial charge in [-0.15, -0.1) is 0 Å². The molecule has 80 heavy (non-hydrogen) atoms. The van der Waals surface area contributed by atoms with Gasteiger partial charge in [0.2, 0.25) is 0 Å². The smallest absolute Gasteiger partial charge is 0.327 e. The van der Waals surface area contributed by atoms with Crippen molar-refractivity contribution in [2.75, 3.05) is 127 Å². The number of amides is 2. The first-order valence-electron chi connectivity index (χ1n) is 27.0. The molecule has 2 unspecified atom stereocenters. The summed E-state index contributed by atoms with van der Waals surface area (Å²) >= 11 is 12.9. The molecule has 27 heteroatoms. The van der Waals surface area contributed by atoms with Crippen molar-refractivity contribution in [2.24, 2.45) is 0 Å². The van der Waals surface area contributed by atoms with Gasteiger partial charge in [0, 0.05) is 103 Å². The number of anilines is 4. The van der Waals surface area contributed by atoms with E-state index in [1.165, 1.54) is 25.3 Å². The number of nitrogen functional groups attached to an aromatic ring is 2. The molecule has 0 bridgehead atoms. The molecular formula is C53H72Cl2F4N14O7. The van der Waals surface area contributed by atoms with Gasteiger partial charge in [-0.3, -0.25) is 29.2 Å². The molecule has 2 amide bonds. The number of rotatable bonds is 18. The molecule has 2 aromatic carbocycles. The molecule has 8 rings (SSSR count). The predicted molar refractivity (Wildman–Crippen MR) is 294 cm³/mol. The summed E-state index contributed by atoms with van der Waals surface area (Å²) in [6, 6.07) is 7.18. The van der Waals surface area contributed by atoms with E-state index in [0.717, 1.165) is 82.9 Å². The zero-order valence-corrected chi connectivity index (χ0v) is 46.7. The van der Waals surface area contributed by atoms with Crippen LogP contribution in [-0.4, -0.2) is 202 Å². The maximum atomic E-state index is 14.0. The fourth-order valence-electron chi connectivity index (χ4n) is 11.3. The first-order valence-corrected chi connectivity index (χ1v) is 27.7.